The summed E-state index contributed by atoms with van der Waals surface area (Å²) in [4.78, 5) is 26.8. The van der Waals surface area contributed by atoms with E-state index in [1.54, 1.807) is 11.8 Å². The maximum atomic E-state index is 13.2. The summed E-state index contributed by atoms with van der Waals surface area (Å²) in [6.45, 7) is 4.15. The lowest BCUT2D eigenvalue weighted by molar-refractivity contribution is -0.116. The fraction of sp³-hybridized carbons (Fsp3) is 0.185. The molecule has 1 amide bonds. The first-order valence-corrected chi connectivity index (χ1v) is 11.8. The molecule has 6 heteroatoms. The minimum absolute atomic E-state index is 0.0288. The van der Waals surface area contributed by atoms with Crippen LogP contribution in [0.25, 0.3) is 22.0 Å². The lowest BCUT2D eigenvalue weighted by Gasteiger charge is -2.16. The molecule has 5 nitrogen and oxygen atoms in total. The molecule has 1 atom stereocenters. The monoisotopic (exact) mass is 453 g/mol. The van der Waals surface area contributed by atoms with Gasteiger partial charge in [0, 0.05) is 41.1 Å². The highest BCUT2D eigenvalue weighted by atomic mass is 32.2. The Balaban J connectivity index is 1.43. The molecule has 2 heterocycles. The largest absolute Gasteiger partial charge is 0.312 e. The molecule has 0 saturated carbocycles. The SMILES string of the molecule is CC(=O)N1CCc2cc(C(=O)C(C)Sc3nnc(-c4ccccc4)c4ccccc34)ccc21. The van der Waals surface area contributed by atoms with Gasteiger partial charge in [-0.3, -0.25) is 9.59 Å². The van der Waals surface area contributed by atoms with Crippen molar-refractivity contribution in [3.63, 3.8) is 0 Å². The molecular formula is C27H23N3O2S. The van der Waals surface area contributed by atoms with E-state index < -0.39 is 0 Å². The number of aromatic nitrogens is 2. The molecule has 0 fully saturated rings. The maximum Gasteiger partial charge on any atom is 0.223 e. The molecule has 1 aliphatic rings. The van der Waals surface area contributed by atoms with Crippen LogP contribution in [0.4, 0.5) is 5.69 Å². The number of hydrogen-bond acceptors (Lipinski definition) is 5. The number of carbonyl (C=O) groups is 2. The Hall–Kier alpha value is -3.51. The van der Waals surface area contributed by atoms with E-state index in [-0.39, 0.29) is 16.9 Å². The Bertz CT molecular complexity index is 1370. The van der Waals surface area contributed by atoms with Crippen molar-refractivity contribution in [2.75, 3.05) is 11.4 Å². The predicted molar refractivity (Wildman–Crippen MR) is 133 cm³/mol. The van der Waals surface area contributed by atoms with Gasteiger partial charge < -0.3 is 4.90 Å². The third kappa shape index (κ3) is 4.02. The Morgan fingerprint density at radius 2 is 1.67 bits per heavy atom. The van der Waals surface area contributed by atoms with Gasteiger partial charge in [0.1, 0.15) is 10.7 Å². The molecular weight excluding hydrogens is 430 g/mol. The van der Waals surface area contributed by atoms with Gasteiger partial charge in [-0.05, 0) is 37.1 Å². The van der Waals surface area contributed by atoms with Crippen molar-refractivity contribution >= 4 is 39.9 Å². The Labute approximate surface area is 196 Å². The molecule has 0 N–H and O–H groups in total. The first-order valence-electron chi connectivity index (χ1n) is 11.0. The molecule has 3 aromatic carbocycles. The quantitative estimate of drug-likeness (QED) is 0.292. The van der Waals surface area contributed by atoms with Gasteiger partial charge >= 0.3 is 0 Å². The maximum absolute atomic E-state index is 13.2. The third-order valence-corrected chi connectivity index (χ3v) is 7.09. The molecule has 1 unspecified atom stereocenters. The number of rotatable bonds is 5. The van der Waals surface area contributed by atoms with Crippen molar-refractivity contribution in [1.82, 2.24) is 10.2 Å². The minimum Gasteiger partial charge on any atom is -0.312 e. The lowest BCUT2D eigenvalue weighted by Crippen LogP contribution is -2.25. The van der Waals surface area contributed by atoms with Gasteiger partial charge in [0.15, 0.2) is 5.78 Å². The van der Waals surface area contributed by atoms with Gasteiger partial charge in [0.2, 0.25) is 5.91 Å². The van der Waals surface area contributed by atoms with Gasteiger partial charge in [-0.1, -0.05) is 66.4 Å². The predicted octanol–water partition coefficient (Wildman–Crippen LogP) is 5.57. The number of fused-ring (bicyclic) bond motifs is 2. The zero-order chi connectivity index (χ0) is 22.9. The van der Waals surface area contributed by atoms with Gasteiger partial charge in [0.05, 0.1) is 5.25 Å². The number of carbonyl (C=O) groups excluding carboxylic acids is 2. The highest BCUT2D eigenvalue weighted by molar-refractivity contribution is 8.00. The van der Waals surface area contributed by atoms with Crippen molar-refractivity contribution in [1.29, 1.82) is 0 Å². The summed E-state index contributed by atoms with van der Waals surface area (Å²) in [5, 5.41) is 11.4. The number of Topliss-reactive ketones (excluding diaryl/α,β-unsaturated/α-hetero) is 1. The van der Waals surface area contributed by atoms with E-state index >= 15 is 0 Å². The molecule has 4 aromatic rings. The third-order valence-electron chi connectivity index (χ3n) is 6.00. The van der Waals surface area contributed by atoms with Crippen LogP contribution in [-0.2, 0) is 11.2 Å². The van der Waals surface area contributed by atoms with Crippen LogP contribution in [0.15, 0.2) is 77.8 Å². The van der Waals surface area contributed by atoms with Gasteiger partial charge in [-0.25, -0.2) is 0 Å². The summed E-state index contributed by atoms with van der Waals surface area (Å²) in [7, 11) is 0. The number of nitrogens with zero attached hydrogens (tertiary/aromatic N) is 3. The van der Waals surface area contributed by atoms with Gasteiger partial charge in [0.25, 0.3) is 0 Å². The topological polar surface area (TPSA) is 63.2 Å². The molecule has 1 aliphatic heterocycles. The summed E-state index contributed by atoms with van der Waals surface area (Å²) in [5.74, 6) is 0.0724. The number of amides is 1. The normalized spacial score (nSPS) is 13.7. The number of ketones is 1. The average Bonchev–Trinajstić information content (AvgIpc) is 3.28. The first kappa shape index (κ1) is 21.3. The fourth-order valence-electron chi connectivity index (χ4n) is 4.31. The van der Waals surface area contributed by atoms with Crippen LogP contribution in [0.5, 0.6) is 0 Å². The second-order valence-electron chi connectivity index (χ2n) is 8.15. The van der Waals surface area contributed by atoms with E-state index in [1.807, 2.05) is 79.7 Å². The smallest absolute Gasteiger partial charge is 0.223 e. The van der Waals surface area contributed by atoms with Crippen LogP contribution in [-0.4, -0.2) is 33.7 Å². The van der Waals surface area contributed by atoms with Crippen LogP contribution in [0.2, 0.25) is 0 Å². The Morgan fingerprint density at radius 1 is 0.939 bits per heavy atom. The molecule has 0 radical (unpaired) electrons. The summed E-state index contributed by atoms with van der Waals surface area (Å²) in [6, 6.07) is 23.7. The molecule has 0 spiro atoms. The van der Waals surface area contributed by atoms with E-state index in [0.29, 0.717) is 12.1 Å². The Morgan fingerprint density at radius 3 is 2.42 bits per heavy atom. The molecule has 1 aromatic heterocycles. The lowest BCUT2D eigenvalue weighted by atomic mass is 10.0. The second kappa shape index (κ2) is 8.79. The van der Waals surface area contributed by atoms with Gasteiger partial charge in [-0.2, -0.15) is 0 Å². The molecule has 0 aliphatic carbocycles. The fourth-order valence-corrected chi connectivity index (χ4v) is 5.28. The molecule has 0 bridgehead atoms. The second-order valence-corrected chi connectivity index (χ2v) is 9.48. The summed E-state index contributed by atoms with van der Waals surface area (Å²) in [6.07, 6.45) is 0.772. The van der Waals surface area contributed by atoms with E-state index in [9.17, 15) is 9.59 Å². The number of anilines is 1. The zero-order valence-electron chi connectivity index (χ0n) is 18.5. The van der Waals surface area contributed by atoms with Crippen molar-refractivity contribution in [2.45, 2.75) is 30.5 Å². The Kier molecular flexibility index (Phi) is 5.68. The van der Waals surface area contributed by atoms with Crippen LogP contribution in [0.1, 0.15) is 29.8 Å². The summed E-state index contributed by atoms with van der Waals surface area (Å²) in [5.41, 5.74) is 4.47. The first-order chi connectivity index (χ1) is 16.0. The van der Waals surface area contributed by atoms with Crippen LogP contribution < -0.4 is 4.90 Å². The highest BCUT2D eigenvalue weighted by Crippen LogP contribution is 2.35. The number of benzene rings is 3. The van der Waals surface area contributed by atoms with Gasteiger partial charge in [-0.15, -0.1) is 10.2 Å². The summed E-state index contributed by atoms with van der Waals surface area (Å²) < 4.78 is 0. The number of hydrogen-bond donors (Lipinski definition) is 0. The van der Waals surface area contributed by atoms with E-state index in [2.05, 4.69) is 10.2 Å². The van der Waals surface area contributed by atoms with Crippen molar-refractivity contribution in [2.24, 2.45) is 0 Å². The van der Waals surface area contributed by atoms with Crippen molar-refractivity contribution in [3.05, 3.63) is 83.9 Å². The molecule has 33 heavy (non-hydrogen) atoms. The van der Waals surface area contributed by atoms with E-state index in [0.717, 1.165) is 44.7 Å². The zero-order valence-corrected chi connectivity index (χ0v) is 19.3. The minimum atomic E-state index is -0.325. The van der Waals surface area contributed by atoms with E-state index in [1.165, 1.54) is 11.8 Å². The average molecular weight is 454 g/mol. The van der Waals surface area contributed by atoms with Crippen molar-refractivity contribution < 1.29 is 9.59 Å². The van der Waals surface area contributed by atoms with Crippen LogP contribution >= 0.6 is 11.8 Å². The molecule has 0 saturated heterocycles. The molecule has 164 valence electrons. The van der Waals surface area contributed by atoms with Crippen molar-refractivity contribution in [3.8, 4) is 11.3 Å². The van der Waals surface area contributed by atoms with Crippen LogP contribution in [0, 0.1) is 0 Å². The molecule has 5 rings (SSSR count). The van der Waals surface area contributed by atoms with Crippen LogP contribution in [0.3, 0.4) is 0 Å². The highest BCUT2D eigenvalue weighted by Gasteiger charge is 2.25. The standard InChI is InChI=1S/C27H23N3O2S/c1-17(26(32)21-12-13-24-20(16-21)14-15-30(24)18(2)31)33-27-23-11-7-6-10-22(23)25(28-29-27)19-8-4-3-5-9-19/h3-13,16-17H,14-15H2,1-2H3. The van der Waals surface area contributed by atoms with E-state index in [4.69, 9.17) is 0 Å². The number of thioether (sulfide) groups is 1. The summed E-state index contributed by atoms with van der Waals surface area (Å²) >= 11 is 1.43.